The summed E-state index contributed by atoms with van der Waals surface area (Å²) >= 11 is 0. The van der Waals surface area contributed by atoms with Crippen LogP contribution in [0.1, 0.15) is 11.3 Å². The summed E-state index contributed by atoms with van der Waals surface area (Å²) in [6.45, 7) is 1.43. The standard InChI is InChI=1S/C14H19N3O2/c1-17-7-6-12(16-17)10-15-9-11-8-13(18-2)4-5-14(11)19-3/h4-8,15H,9-10H2,1-3H3. The number of aromatic nitrogens is 2. The number of benzene rings is 1. The van der Waals surface area contributed by atoms with Crippen molar-refractivity contribution in [3.05, 3.63) is 41.7 Å². The number of rotatable bonds is 6. The molecule has 0 spiro atoms. The molecule has 5 nitrogen and oxygen atoms in total. The average molecular weight is 261 g/mol. The van der Waals surface area contributed by atoms with E-state index in [1.54, 1.807) is 18.9 Å². The van der Waals surface area contributed by atoms with Crippen molar-refractivity contribution in [2.45, 2.75) is 13.1 Å². The quantitative estimate of drug-likeness (QED) is 0.860. The summed E-state index contributed by atoms with van der Waals surface area (Å²) in [6, 6.07) is 7.78. The van der Waals surface area contributed by atoms with Crippen LogP contribution < -0.4 is 14.8 Å². The van der Waals surface area contributed by atoms with Gasteiger partial charge in [0.15, 0.2) is 0 Å². The van der Waals surface area contributed by atoms with Crippen molar-refractivity contribution < 1.29 is 9.47 Å². The molecular formula is C14H19N3O2. The fourth-order valence-electron chi connectivity index (χ4n) is 1.90. The number of nitrogens with one attached hydrogen (secondary N) is 1. The molecule has 2 rings (SSSR count). The molecular weight excluding hydrogens is 242 g/mol. The van der Waals surface area contributed by atoms with Crippen molar-refractivity contribution in [1.82, 2.24) is 15.1 Å². The Morgan fingerprint density at radius 2 is 2.00 bits per heavy atom. The highest BCUT2D eigenvalue weighted by Crippen LogP contribution is 2.23. The van der Waals surface area contributed by atoms with Gasteiger partial charge in [0.05, 0.1) is 19.9 Å². The summed E-state index contributed by atoms with van der Waals surface area (Å²) in [5.74, 6) is 1.68. The zero-order chi connectivity index (χ0) is 13.7. The molecule has 1 aromatic carbocycles. The van der Waals surface area contributed by atoms with Crippen LogP contribution in [0.2, 0.25) is 0 Å². The van der Waals surface area contributed by atoms with Crippen LogP contribution in [0.3, 0.4) is 0 Å². The van der Waals surface area contributed by atoms with Crippen LogP contribution in [0.5, 0.6) is 11.5 Å². The van der Waals surface area contributed by atoms with Gasteiger partial charge in [0.25, 0.3) is 0 Å². The topological polar surface area (TPSA) is 48.3 Å². The van der Waals surface area contributed by atoms with Gasteiger partial charge in [0.2, 0.25) is 0 Å². The van der Waals surface area contributed by atoms with Gasteiger partial charge in [-0.15, -0.1) is 0 Å². The number of hydrogen-bond acceptors (Lipinski definition) is 4. The molecule has 19 heavy (non-hydrogen) atoms. The molecule has 0 amide bonds. The first-order valence-electron chi connectivity index (χ1n) is 6.13. The van der Waals surface area contributed by atoms with Crippen LogP contribution in [-0.2, 0) is 20.1 Å². The second-order valence-corrected chi connectivity index (χ2v) is 4.26. The Morgan fingerprint density at radius 1 is 1.16 bits per heavy atom. The zero-order valence-corrected chi connectivity index (χ0v) is 11.5. The molecule has 1 aromatic heterocycles. The molecule has 0 fully saturated rings. The monoisotopic (exact) mass is 261 g/mol. The summed E-state index contributed by atoms with van der Waals surface area (Å²) < 4.78 is 12.4. The van der Waals surface area contributed by atoms with Crippen molar-refractivity contribution in [2.75, 3.05) is 14.2 Å². The van der Waals surface area contributed by atoms with Crippen molar-refractivity contribution in [3.63, 3.8) is 0 Å². The number of methoxy groups -OCH3 is 2. The lowest BCUT2D eigenvalue weighted by molar-refractivity contribution is 0.397. The van der Waals surface area contributed by atoms with E-state index in [4.69, 9.17) is 9.47 Å². The molecule has 0 unspecified atom stereocenters. The normalized spacial score (nSPS) is 10.5. The van der Waals surface area contributed by atoms with Gasteiger partial charge in [-0.25, -0.2) is 0 Å². The highest BCUT2D eigenvalue weighted by atomic mass is 16.5. The predicted octanol–water partition coefficient (Wildman–Crippen LogP) is 1.73. The fourth-order valence-corrected chi connectivity index (χ4v) is 1.90. The fraction of sp³-hybridized carbons (Fsp3) is 0.357. The predicted molar refractivity (Wildman–Crippen MR) is 73.3 cm³/mol. The smallest absolute Gasteiger partial charge is 0.123 e. The second kappa shape index (κ2) is 6.24. The average Bonchev–Trinajstić information content (AvgIpc) is 2.84. The third-order valence-electron chi connectivity index (χ3n) is 2.88. The van der Waals surface area contributed by atoms with Gasteiger partial charge in [0, 0.05) is 31.9 Å². The van der Waals surface area contributed by atoms with Gasteiger partial charge < -0.3 is 14.8 Å². The van der Waals surface area contributed by atoms with Crippen molar-refractivity contribution in [2.24, 2.45) is 7.05 Å². The maximum Gasteiger partial charge on any atom is 0.123 e. The summed E-state index contributed by atoms with van der Waals surface area (Å²) in [6.07, 6.45) is 1.93. The Hall–Kier alpha value is -2.01. The van der Waals surface area contributed by atoms with Crippen LogP contribution in [-0.4, -0.2) is 24.0 Å². The molecule has 5 heteroatoms. The lowest BCUT2D eigenvalue weighted by Gasteiger charge is -2.10. The van der Waals surface area contributed by atoms with Crippen LogP contribution in [0.25, 0.3) is 0 Å². The first-order chi connectivity index (χ1) is 9.22. The highest BCUT2D eigenvalue weighted by molar-refractivity contribution is 5.40. The van der Waals surface area contributed by atoms with E-state index in [1.165, 1.54) is 0 Å². The lowest BCUT2D eigenvalue weighted by atomic mass is 10.2. The zero-order valence-electron chi connectivity index (χ0n) is 11.5. The van der Waals surface area contributed by atoms with Crippen molar-refractivity contribution in [1.29, 1.82) is 0 Å². The number of hydrogen-bond donors (Lipinski definition) is 1. The van der Waals surface area contributed by atoms with Gasteiger partial charge in [-0.1, -0.05) is 0 Å². The van der Waals surface area contributed by atoms with E-state index in [0.717, 1.165) is 29.3 Å². The Kier molecular flexibility index (Phi) is 4.41. The first kappa shape index (κ1) is 13.4. The minimum absolute atomic E-state index is 0.705. The molecule has 0 saturated carbocycles. The molecule has 1 N–H and O–H groups in total. The van der Waals surface area contributed by atoms with E-state index >= 15 is 0 Å². The Labute approximate surface area is 113 Å². The largest absolute Gasteiger partial charge is 0.497 e. The molecule has 0 saturated heterocycles. The van der Waals surface area contributed by atoms with E-state index in [-0.39, 0.29) is 0 Å². The van der Waals surface area contributed by atoms with E-state index in [1.807, 2.05) is 37.5 Å². The Bertz CT molecular complexity index is 537. The van der Waals surface area contributed by atoms with E-state index in [2.05, 4.69) is 10.4 Å². The van der Waals surface area contributed by atoms with Crippen LogP contribution in [0.4, 0.5) is 0 Å². The third-order valence-corrected chi connectivity index (χ3v) is 2.88. The second-order valence-electron chi connectivity index (χ2n) is 4.26. The number of nitrogens with zero attached hydrogens (tertiary/aromatic N) is 2. The van der Waals surface area contributed by atoms with E-state index in [0.29, 0.717) is 6.54 Å². The lowest BCUT2D eigenvalue weighted by Crippen LogP contribution is -2.14. The van der Waals surface area contributed by atoms with E-state index < -0.39 is 0 Å². The molecule has 2 aromatic rings. The Balaban J connectivity index is 1.98. The molecule has 0 aliphatic rings. The molecule has 0 atom stereocenters. The third kappa shape index (κ3) is 3.48. The summed E-state index contributed by atoms with van der Waals surface area (Å²) in [4.78, 5) is 0. The Morgan fingerprint density at radius 3 is 2.63 bits per heavy atom. The van der Waals surface area contributed by atoms with Crippen molar-refractivity contribution in [3.8, 4) is 11.5 Å². The van der Waals surface area contributed by atoms with Gasteiger partial charge in [0.1, 0.15) is 11.5 Å². The molecule has 0 bridgehead atoms. The summed E-state index contributed by atoms with van der Waals surface area (Å²) in [5, 5.41) is 7.66. The SMILES string of the molecule is COc1ccc(OC)c(CNCc2ccn(C)n2)c1. The molecule has 0 aliphatic carbocycles. The minimum atomic E-state index is 0.705. The summed E-state index contributed by atoms with van der Waals surface area (Å²) in [7, 11) is 5.24. The van der Waals surface area contributed by atoms with Gasteiger partial charge >= 0.3 is 0 Å². The summed E-state index contributed by atoms with van der Waals surface area (Å²) in [5.41, 5.74) is 2.09. The van der Waals surface area contributed by atoms with Crippen LogP contribution >= 0.6 is 0 Å². The molecule has 102 valence electrons. The molecule has 0 radical (unpaired) electrons. The van der Waals surface area contributed by atoms with Crippen molar-refractivity contribution >= 4 is 0 Å². The van der Waals surface area contributed by atoms with Gasteiger partial charge in [-0.05, 0) is 24.3 Å². The number of ether oxygens (including phenoxy) is 2. The van der Waals surface area contributed by atoms with Crippen LogP contribution in [0.15, 0.2) is 30.5 Å². The minimum Gasteiger partial charge on any atom is -0.497 e. The van der Waals surface area contributed by atoms with Gasteiger partial charge in [-0.2, -0.15) is 5.10 Å². The first-order valence-corrected chi connectivity index (χ1v) is 6.13. The van der Waals surface area contributed by atoms with Crippen LogP contribution in [0, 0.1) is 0 Å². The van der Waals surface area contributed by atoms with Gasteiger partial charge in [-0.3, -0.25) is 4.68 Å². The van der Waals surface area contributed by atoms with E-state index in [9.17, 15) is 0 Å². The maximum atomic E-state index is 5.34. The number of aryl methyl sites for hydroxylation is 1. The molecule has 1 heterocycles. The maximum absolute atomic E-state index is 5.34. The highest BCUT2D eigenvalue weighted by Gasteiger charge is 2.05. The molecule has 0 aliphatic heterocycles.